The van der Waals surface area contributed by atoms with E-state index in [-0.39, 0.29) is 0 Å². The molecule has 0 aliphatic carbocycles. The lowest BCUT2D eigenvalue weighted by atomic mass is 10.2. The molecule has 1 aliphatic heterocycles. The Hall–Kier alpha value is -2.40. The molecule has 2 heterocycles. The average molecular weight is 299 g/mol. The third-order valence-corrected chi connectivity index (χ3v) is 3.96. The summed E-state index contributed by atoms with van der Waals surface area (Å²) in [4.78, 5) is 18.2. The molecule has 106 valence electrons. The van der Waals surface area contributed by atoms with E-state index >= 15 is 0 Å². The van der Waals surface area contributed by atoms with Gasteiger partial charge in [0.1, 0.15) is 5.75 Å². The van der Waals surface area contributed by atoms with Crippen LogP contribution in [-0.2, 0) is 9.53 Å². The number of methoxy groups -OCH3 is 1. The Morgan fingerprint density at radius 1 is 1.29 bits per heavy atom. The van der Waals surface area contributed by atoms with Crippen LogP contribution in [0.5, 0.6) is 5.75 Å². The van der Waals surface area contributed by atoms with Crippen LogP contribution in [0.25, 0.3) is 6.08 Å². The molecule has 0 unspecified atom stereocenters. The van der Waals surface area contributed by atoms with Crippen molar-refractivity contribution in [2.24, 2.45) is 4.99 Å². The van der Waals surface area contributed by atoms with Gasteiger partial charge in [0.25, 0.3) is 0 Å². The Morgan fingerprint density at radius 2 is 2.14 bits per heavy atom. The fourth-order valence-electron chi connectivity index (χ4n) is 1.95. The number of esters is 1. The van der Waals surface area contributed by atoms with E-state index in [1.165, 1.54) is 0 Å². The number of aliphatic imine (C=N–C) groups is 1. The first-order valence-corrected chi connectivity index (χ1v) is 7.21. The number of hydrogen-bond donors (Lipinski definition) is 0. The third-order valence-electron chi connectivity index (χ3n) is 2.97. The van der Waals surface area contributed by atoms with Gasteiger partial charge in [-0.05, 0) is 42.8 Å². The van der Waals surface area contributed by atoms with Gasteiger partial charge in [-0.1, -0.05) is 12.1 Å². The van der Waals surface area contributed by atoms with E-state index < -0.39 is 5.97 Å². The van der Waals surface area contributed by atoms with Gasteiger partial charge in [-0.25, -0.2) is 9.79 Å². The van der Waals surface area contributed by atoms with Crippen LogP contribution in [0.3, 0.4) is 0 Å². The minimum atomic E-state index is -0.432. The van der Waals surface area contributed by atoms with Crippen molar-refractivity contribution in [2.45, 2.75) is 6.92 Å². The second-order valence-electron chi connectivity index (χ2n) is 4.52. The van der Waals surface area contributed by atoms with Crippen molar-refractivity contribution >= 4 is 29.3 Å². The molecule has 5 heteroatoms. The highest BCUT2D eigenvalue weighted by molar-refractivity contribution is 7.14. The molecular weight excluding hydrogens is 286 g/mol. The van der Waals surface area contributed by atoms with Gasteiger partial charge in [0, 0.05) is 4.88 Å². The number of ether oxygens (including phenoxy) is 2. The van der Waals surface area contributed by atoms with E-state index in [0.717, 1.165) is 21.1 Å². The molecule has 4 nitrogen and oxygen atoms in total. The Morgan fingerprint density at radius 3 is 2.86 bits per heavy atom. The van der Waals surface area contributed by atoms with E-state index in [0.29, 0.717) is 11.6 Å². The highest BCUT2D eigenvalue weighted by Crippen LogP contribution is 2.24. The summed E-state index contributed by atoms with van der Waals surface area (Å²) in [7, 11) is 1.60. The number of nitrogens with zero attached hydrogens (tertiary/aromatic N) is 1. The lowest BCUT2D eigenvalue weighted by Gasteiger charge is -2.00. The van der Waals surface area contributed by atoms with Crippen LogP contribution in [0.4, 0.5) is 0 Å². The standard InChI is InChI=1S/C16H13NO3S/c1-10-6-7-14(21-10)15-17-13(16(18)20-15)9-11-4-3-5-12(8-11)19-2/h3-9H,1-2H3/b13-9-. The van der Waals surface area contributed by atoms with Crippen LogP contribution in [0.15, 0.2) is 47.1 Å². The van der Waals surface area contributed by atoms with Crippen LogP contribution < -0.4 is 4.74 Å². The Kier molecular flexibility index (Phi) is 3.58. The number of carbonyl (C=O) groups excluding carboxylic acids is 1. The van der Waals surface area contributed by atoms with Gasteiger partial charge >= 0.3 is 5.97 Å². The summed E-state index contributed by atoms with van der Waals surface area (Å²) in [6.45, 7) is 2.00. The zero-order chi connectivity index (χ0) is 14.8. The van der Waals surface area contributed by atoms with Gasteiger partial charge < -0.3 is 9.47 Å². The molecule has 0 saturated carbocycles. The summed E-state index contributed by atoms with van der Waals surface area (Å²) < 4.78 is 10.4. The zero-order valence-corrected chi connectivity index (χ0v) is 12.4. The minimum absolute atomic E-state index is 0.296. The van der Waals surface area contributed by atoms with E-state index in [1.807, 2.05) is 43.3 Å². The maximum atomic E-state index is 11.9. The number of rotatable bonds is 3. The number of carbonyl (C=O) groups is 1. The monoisotopic (exact) mass is 299 g/mol. The molecule has 0 spiro atoms. The van der Waals surface area contributed by atoms with Crippen molar-refractivity contribution in [1.82, 2.24) is 0 Å². The highest BCUT2D eigenvalue weighted by atomic mass is 32.1. The summed E-state index contributed by atoms with van der Waals surface area (Å²) in [6, 6.07) is 11.3. The first kappa shape index (κ1) is 13.6. The predicted molar refractivity (Wildman–Crippen MR) is 82.7 cm³/mol. The van der Waals surface area contributed by atoms with E-state index in [9.17, 15) is 4.79 Å². The van der Waals surface area contributed by atoms with Gasteiger partial charge in [-0.15, -0.1) is 11.3 Å². The summed E-state index contributed by atoms with van der Waals surface area (Å²) >= 11 is 1.55. The average Bonchev–Trinajstić information content (AvgIpc) is 3.06. The second-order valence-corrected chi connectivity index (χ2v) is 5.81. The summed E-state index contributed by atoms with van der Waals surface area (Å²) in [5, 5.41) is 0. The Bertz CT molecular complexity index is 758. The first-order valence-electron chi connectivity index (χ1n) is 6.39. The lowest BCUT2D eigenvalue weighted by Crippen LogP contribution is -2.03. The molecule has 0 atom stereocenters. The fraction of sp³-hybridized carbons (Fsp3) is 0.125. The molecule has 0 radical (unpaired) electrons. The number of benzene rings is 1. The second kappa shape index (κ2) is 5.54. The SMILES string of the molecule is COc1cccc(/C=C2\N=C(c3ccc(C)s3)OC2=O)c1. The van der Waals surface area contributed by atoms with Crippen molar-refractivity contribution in [3.63, 3.8) is 0 Å². The summed E-state index contributed by atoms with van der Waals surface area (Å²) in [6.07, 6.45) is 1.69. The molecule has 2 aromatic rings. The van der Waals surface area contributed by atoms with Crippen molar-refractivity contribution < 1.29 is 14.3 Å². The number of aryl methyl sites for hydroxylation is 1. The van der Waals surface area contributed by atoms with Crippen LogP contribution in [0, 0.1) is 6.92 Å². The smallest absolute Gasteiger partial charge is 0.363 e. The normalized spacial score (nSPS) is 16.0. The van der Waals surface area contributed by atoms with Crippen molar-refractivity contribution in [2.75, 3.05) is 7.11 Å². The van der Waals surface area contributed by atoms with Crippen LogP contribution in [-0.4, -0.2) is 19.0 Å². The predicted octanol–water partition coefficient (Wildman–Crippen LogP) is 3.41. The van der Waals surface area contributed by atoms with Crippen molar-refractivity contribution in [3.05, 3.63) is 57.4 Å². The Balaban J connectivity index is 1.92. The molecule has 0 bridgehead atoms. The molecule has 0 amide bonds. The first-order chi connectivity index (χ1) is 10.2. The number of thiophene rings is 1. The van der Waals surface area contributed by atoms with Gasteiger partial charge in [0.05, 0.1) is 12.0 Å². The molecule has 0 saturated heterocycles. The lowest BCUT2D eigenvalue weighted by molar-refractivity contribution is -0.129. The van der Waals surface area contributed by atoms with Crippen LogP contribution >= 0.6 is 11.3 Å². The van der Waals surface area contributed by atoms with Gasteiger partial charge in [0.2, 0.25) is 5.90 Å². The highest BCUT2D eigenvalue weighted by Gasteiger charge is 2.24. The van der Waals surface area contributed by atoms with Gasteiger partial charge in [-0.2, -0.15) is 0 Å². The molecule has 1 aliphatic rings. The largest absolute Gasteiger partial charge is 0.497 e. The summed E-state index contributed by atoms with van der Waals surface area (Å²) in [5.74, 6) is 0.667. The zero-order valence-electron chi connectivity index (χ0n) is 11.6. The molecule has 0 N–H and O–H groups in total. The molecular formula is C16H13NO3S. The number of cyclic esters (lactones) is 1. The van der Waals surface area contributed by atoms with E-state index in [1.54, 1.807) is 24.5 Å². The molecule has 3 rings (SSSR count). The molecule has 21 heavy (non-hydrogen) atoms. The van der Waals surface area contributed by atoms with Crippen LogP contribution in [0.1, 0.15) is 15.3 Å². The maximum absolute atomic E-state index is 11.9. The molecule has 1 aromatic carbocycles. The maximum Gasteiger partial charge on any atom is 0.363 e. The Labute approximate surface area is 126 Å². The van der Waals surface area contributed by atoms with Crippen molar-refractivity contribution in [3.8, 4) is 5.75 Å². The van der Waals surface area contributed by atoms with Gasteiger partial charge in [-0.3, -0.25) is 0 Å². The van der Waals surface area contributed by atoms with Crippen LogP contribution in [0.2, 0.25) is 0 Å². The fourth-order valence-corrected chi connectivity index (χ4v) is 2.75. The minimum Gasteiger partial charge on any atom is -0.497 e. The van der Waals surface area contributed by atoms with Gasteiger partial charge in [0.15, 0.2) is 5.70 Å². The quantitative estimate of drug-likeness (QED) is 0.644. The van der Waals surface area contributed by atoms with E-state index in [2.05, 4.69) is 4.99 Å². The number of hydrogen-bond acceptors (Lipinski definition) is 5. The topological polar surface area (TPSA) is 47.9 Å². The summed E-state index contributed by atoms with van der Waals surface area (Å²) in [5.41, 5.74) is 1.14. The molecule has 1 aromatic heterocycles. The third kappa shape index (κ3) is 2.87. The van der Waals surface area contributed by atoms with E-state index in [4.69, 9.17) is 9.47 Å². The van der Waals surface area contributed by atoms with Crippen molar-refractivity contribution in [1.29, 1.82) is 0 Å². The molecule has 0 fully saturated rings.